The molecule has 5 heteroatoms. The van der Waals surface area contributed by atoms with Gasteiger partial charge in [-0.2, -0.15) is 0 Å². The minimum atomic E-state index is -0.968. The molecule has 2 rings (SSSR count). The van der Waals surface area contributed by atoms with Crippen molar-refractivity contribution in [2.45, 2.75) is 31.4 Å². The lowest BCUT2D eigenvalue weighted by atomic mass is 10.1. The van der Waals surface area contributed by atoms with E-state index in [4.69, 9.17) is 0 Å². The Morgan fingerprint density at radius 1 is 1.43 bits per heavy atom. The zero-order valence-electron chi connectivity index (χ0n) is 12.7. The summed E-state index contributed by atoms with van der Waals surface area (Å²) in [6.07, 6.45) is 1.85. The SMILES string of the molecule is CN(CCC(O)c1cccc(F)c1F)CC1CCCN1C. The summed E-state index contributed by atoms with van der Waals surface area (Å²) in [6, 6.07) is 4.48. The van der Waals surface area contributed by atoms with Gasteiger partial charge in [-0.3, -0.25) is 0 Å². The normalized spacial score (nSPS) is 21.1. The van der Waals surface area contributed by atoms with Crippen molar-refractivity contribution in [2.24, 2.45) is 0 Å². The van der Waals surface area contributed by atoms with Crippen LogP contribution in [0.3, 0.4) is 0 Å². The maximum absolute atomic E-state index is 13.6. The molecule has 0 aromatic heterocycles. The number of benzene rings is 1. The van der Waals surface area contributed by atoms with Crippen LogP contribution in [0.25, 0.3) is 0 Å². The van der Waals surface area contributed by atoms with Crippen molar-refractivity contribution in [3.8, 4) is 0 Å². The molecule has 1 aliphatic rings. The first-order chi connectivity index (χ1) is 9.99. The Kier molecular flexibility index (Phi) is 5.67. The average molecular weight is 298 g/mol. The molecule has 1 saturated heterocycles. The molecule has 0 saturated carbocycles. The lowest BCUT2D eigenvalue weighted by Crippen LogP contribution is -2.37. The van der Waals surface area contributed by atoms with Gasteiger partial charge >= 0.3 is 0 Å². The molecule has 0 aliphatic carbocycles. The molecule has 2 unspecified atom stereocenters. The molecule has 0 radical (unpaired) electrons. The van der Waals surface area contributed by atoms with Gasteiger partial charge in [-0.25, -0.2) is 8.78 Å². The number of nitrogens with zero attached hydrogens (tertiary/aromatic N) is 2. The quantitative estimate of drug-likeness (QED) is 0.874. The summed E-state index contributed by atoms with van der Waals surface area (Å²) >= 11 is 0. The summed E-state index contributed by atoms with van der Waals surface area (Å²) in [7, 11) is 4.13. The van der Waals surface area contributed by atoms with Gasteiger partial charge in [0.1, 0.15) is 0 Å². The number of hydrogen-bond donors (Lipinski definition) is 1. The van der Waals surface area contributed by atoms with Crippen molar-refractivity contribution in [3.63, 3.8) is 0 Å². The fourth-order valence-electron chi connectivity index (χ4n) is 2.94. The van der Waals surface area contributed by atoms with Crippen molar-refractivity contribution in [1.29, 1.82) is 0 Å². The smallest absolute Gasteiger partial charge is 0.164 e. The Labute approximate surface area is 125 Å². The van der Waals surface area contributed by atoms with E-state index in [-0.39, 0.29) is 5.56 Å². The number of hydrogen-bond acceptors (Lipinski definition) is 3. The van der Waals surface area contributed by atoms with Crippen molar-refractivity contribution in [3.05, 3.63) is 35.4 Å². The van der Waals surface area contributed by atoms with Gasteiger partial charge in [0, 0.05) is 24.7 Å². The van der Waals surface area contributed by atoms with Crippen LogP contribution >= 0.6 is 0 Å². The first-order valence-electron chi connectivity index (χ1n) is 7.49. The Hall–Kier alpha value is -1.04. The zero-order chi connectivity index (χ0) is 15.4. The molecule has 0 amide bonds. The minimum Gasteiger partial charge on any atom is -0.388 e. The van der Waals surface area contributed by atoms with E-state index < -0.39 is 17.7 Å². The average Bonchev–Trinajstić information content (AvgIpc) is 2.84. The number of rotatable bonds is 6. The van der Waals surface area contributed by atoms with E-state index >= 15 is 0 Å². The van der Waals surface area contributed by atoms with Gasteiger partial charge in [0.25, 0.3) is 0 Å². The van der Waals surface area contributed by atoms with Crippen LogP contribution in [0.1, 0.15) is 30.9 Å². The van der Waals surface area contributed by atoms with Crippen molar-refractivity contribution < 1.29 is 13.9 Å². The highest BCUT2D eigenvalue weighted by molar-refractivity contribution is 5.21. The molecular weight excluding hydrogens is 274 g/mol. The van der Waals surface area contributed by atoms with Gasteiger partial charge in [0.15, 0.2) is 11.6 Å². The van der Waals surface area contributed by atoms with Crippen LogP contribution in [0.5, 0.6) is 0 Å². The summed E-state index contributed by atoms with van der Waals surface area (Å²) in [5, 5.41) is 10.0. The standard InChI is InChI=1S/C16H24F2N2O/c1-19(11-12-5-4-9-20(12)2)10-8-15(21)13-6-3-7-14(17)16(13)18/h3,6-7,12,15,21H,4-5,8-11H2,1-2H3. The molecule has 1 N–H and O–H groups in total. The maximum Gasteiger partial charge on any atom is 0.164 e. The van der Waals surface area contributed by atoms with Crippen molar-refractivity contribution in [2.75, 3.05) is 33.7 Å². The fourth-order valence-corrected chi connectivity index (χ4v) is 2.94. The van der Waals surface area contributed by atoms with Crippen LogP contribution in [-0.4, -0.2) is 54.7 Å². The third kappa shape index (κ3) is 4.22. The molecule has 21 heavy (non-hydrogen) atoms. The van der Waals surface area contributed by atoms with Crippen LogP contribution < -0.4 is 0 Å². The minimum absolute atomic E-state index is 0.0429. The van der Waals surface area contributed by atoms with Crippen molar-refractivity contribution in [1.82, 2.24) is 9.80 Å². The van der Waals surface area contributed by atoms with Gasteiger partial charge in [0.05, 0.1) is 6.10 Å². The van der Waals surface area contributed by atoms with E-state index in [1.54, 1.807) is 0 Å². The highest BCUT2D eigenvalue weighted by atomic mass is 19.2. The summed E-state index contributed by atoms with van der Waals surface area (Å²) < 4.78 is 26.8. The Bertz CT molecular complexity index is 470. The molecule has 118 valence electrons. The number of aliphatic hydroxyl groups excluding tert-OH is 1. The van der Waals surface area contributed by atoms with Gasteiger partial charge in [0.2, 0.25) is 0 Å². The Balaban J connectivity index is 1.83. The van der Waals surface area contributed by atoms with Gasteiger partial charge in [-0.05, 0) is 46.0 Å². The second-order valence-electron chi connectivity index (χ2n) is 5.99. The van der Waals surface area contributed by atoms with E-state index in [1.165, 1.54) is 25.0 Å². The van der Waals surface area contributed by atoms with Gasteiger partial charge < -0.3 is 14.9 Å². The second-order valence-corrected chi connectivity index (χ2v) is 5.99. The van der Waals surface area contributed by atoms with E-state index in [1.807, 2.05) is 7.05 Å². The monoisotopic (exact) mass is 298 g/mol. The topological polar surface area (TPSA) is 26.7 Å². The number of likely N-dealkylation sites (tertiary alicyclic amines) is 1. The van der Waals surface area contributed by atoms with Crippen LogP contribution in [-0.2, 0) is 0 Å². The molecule has 1 heterocycles. The number of likely N-dealkylation sites (N-methyl/N-ethyl adjacent to an activating group) is 2. The first kappa shape index (κ1) is 16.3. The van der Waals surface area contributed by atoms with E-state index in [2.05, 4.69) is 16.8 Å². The zero-order valence-corrected chi connectivity index (χ0v) is 12.7. The van der Waals surface area contributed by atoms with Crippen LogP contribution in [0.15, 0.2) is 18.2 Å². The summed E-state index contributed by atoms with van der Waals surface area (Å²) in [6.45, 7) is 2.73. The first-order valence-corrected chi connectivity index (χ1v) is 7.49. The summed E-state index contributed by atoms with van der Waals surface area (Å²) in [5.74, 6) is -1.85. The predicted octanol–water partition coefficient (Wildman–Crippen LogP) is 2.41. The highest BCUT2D eigenvalue weighted by Gasteiger charge is 2.22. The van der Waals surface area contributed by atoms with E-state index in [0.717, 1.165) is 19.2 Å². The fraction of sp³-hybridized carbons (Fsp3) is 0.625. The third-order valence-electron chi connectivity index (χ3n) is 4.32. The molecule has 1 aromatic rings. The molecular formula is C16H24F2N2O. The molecule has 3 nitrogen and oxygen atoms in total. The van der Waals surface area contributed by atoms with E-state index in [9.17, 15) is 13.9 Å². The lowest BCUT2D eigenvalue weighted by molar-refractivity contribution is 0.136. The maximum atomic E-state index is 13.6. The van der Waals surface area contributed by atoms with Crippen LogP contribution in [0.2, 0.25) is 0 Å². The summed E-state index contributed by atoms with van der Waals surface area (Å²) in [4.78, 5) is 4.49. The predicted molar refractivity (Wildman–Crippen MR) is 79.1 cm³/mol. The van der Waals surface area contributed by atoms with Gasteiger partial charge in [-0.1, -0.05) is 12.1 Å². The third-order valence-corrected chi connectivity index (χ3v) is 4.32. The second kappa shape index (κ2) is 7.29. The molecule has 0 spiro atoms. The largest absolute Gasteiger partial charge is 0.388 e. The van der Waals surface area contributed by atoms with E-state index in [0.29, 0.717) is 19.0 Å². The molecule has 1 fully saturated rings. The number of halogens is 2. The highest BCUT2D eigenvalue weighted by Crippen LogP contribution is 2.22. The van der Waals surface area contributed by atoms with Crippen molar-refractivity contribution >= 4 is 0 Å². The Morgan fingerprint density at radius 2 is 2.19 bits per heavy atom. The molecule has 2 atom stereocenters. The lowest BCUT2D eigenvalue weighted by Gasteiger charge is -2.26. The molecule has 1 aliphatic heterocycles. The summed E-state index contributed by atoms with van der Waals surface area (Å²) in [5.41, 5.74) is 0.0429. The van der Waals surface area contributed by atoms with Crippen LogP contribution in [0, 0.1) is 11.6 Å². The van der Waals surface area contributed by atoms with Crippen LogP contribution in [0.4, 0.5) is 8.78 Å². The Morgan fingerprint density at radius 3 is 2.86 bits per heavy atom. The number of aliphatic hydroxyl groups is 1. The molecule has 1 aromatic carbocycles. The molecule has 0 bridgehead atoms. The van der Waals surface area contributed by atoms with Gasteiger partial charge in [-0.15, -0.1) is 0 Å².